The number of carboxylic acid groups (broad SMARTS) is 1. The Morgan fingerprint density at radius 2 is 2.23 bits per heavy atom. The lowest BCUT2D eigenvalue weighted by Crippen LogP contribution is -2.48. The number of aliphatic carboxylic acids is 1. The summed E-state index contributed by atoms with van der Waals surface area (Å²) in [4.78, 5) is 35.9. The SMILES string of the molecule is CSc1ccc([N+](=O)[O-])c(C(=O)N2CCOC(C(=O)O)C2)c1. The molecule has 8 nitrogen and oxygen atoms in total. The molecule has 1 N–H and O–H groups in total. The van der Waals surface area contributed by atoms with E-state index in [4.69, 9.17) is 9.84 Å². The van der Waals surface area contributed by atoms with Crippen molar-refractivity contribution in [3.05, 3.63) is 33.9 Å². The van der Waals surface area contributed by atoms with Gasteiger partial charge in [0.05, 0.1) is 18.1 Å². The highest BCUT2D eigenvalue weighted by Gasteiger charge is 2.32. The van der Waals surface area contributed by atoms with Gasteiger partial charge < -0.3 is 14.7 Å². The molecular weight excluding hydrogens is 312 g/mol. The fourth-order valence-corrected chi connectivity index (χ4v) is 2.57. The second-order valence-electron chi connectivity index (χ2n) is 4.59. The first kappa shape index (κ1) is 16.2. The highest BCUT2D eigenvalue weighted by molar-refractivity contribution is 7.98. The lowest BCUT2D eigenvalue weighted by molar-refractivity contribution is -0.385. The van der Waals surface area contributed by atoms with Crippen molar-refractivity contribution >= 4 is 29.3 Å². The highest BCUT2D eigenvalue weighted by Crippen LogP contribution is 2.26. The lowest BCUT2D eigenvalue weighted by Gasteiger charge is -2.30. The Labute approximate surface area is 130 Å². The second-order valence-corrected chi connectivity index (χ2v) is 5.47. The van der Waals surface area contributed by atoms with Crippen LogP contribution in [0, 0.1) is 10.1 Å². The Kier molecular flexibility index (Phi) is 4.99. The number of morpholine rings is 1. The first-order chi connectivity index (χ1) is 10.4. The molecular formula is C13H14N2O6S. The van der Waals surface area contributed by atoms with Crippen LogP contribution in [0.1, 0.15) is 10.4 Å². The summed E-state index contributed by atoms with van der Waals surface area (Å²) in [5, 5.41) is 20.0. The van der Waals surface area contributed by atoms with Gasteiger partial charge >= 0.3 is 5.97 Å². The third-order valence-corrected chi connectivity index (χ3v) is 3.99. The Hall–Kier alpha value is -2.13. The third-order valence-electron chi connectivity index (χ3n) is 3.26. The zero-order valence-corrected chi connectivity index (χ0v) is 12.5. The van der Waals surface area contributed by atoms with E-state index >= 15 is 0 Å². The number of amides is 1. The van der Waals surface area contributed by atoms with E-state index in [0.29, 0.717) is 0 Å². The first-order valence-corrected chi connectivity index (χ1v) is 7.62. The molecule has 1 aromatic carbocycles. The topological polar surface area (TPSA) is 110 Å². The van der Waals surface area contributed by atoms with Crippen molar-refractivity contribution in [1.29, 1.82) is 0 Å². The number of thioether (sulfide) groups is 1. The van der Waals surface area contributed by atoms with Crippen LogP contribution in [0.15, 0.2) is 23.1 Å². The molecule has 1 atom stereocenters. The van der Waals surface area contributed by atoms with Gasteiger partial charge in [-0.2, -0.15) is 0 Å². The third kappa shape index (κ3) is 3.37. The smallest absolute Gasteiger partial charge is 0.334 e. The van der Waals surface area contributed by atoms with Gasteiger partial charge in [-0.25, -0.2) is 4.79 Å². The van der Waals surface area contributed by atoms with Crippen LogP contribution in [-0.2, 0) is 9.53 Å². The molecule has 1 heterocycles. The van der Waals surface area contributed by atoms with Crippen LogP contribution < -0.4 is 0 Å². The van der Waals surface area contributed by atoms with Crippen LogP contribution in [0.4, 0.5) is 5.69 Å². The molecule has 22 heavy (non-hydrogen) atoms. The molecule has 1 aromatic rings. The van der Waals surface area contributed by atoms with Crippen LogP contribution in [0.3, 0.4) is 0 Å². The Morgan fingerprint density at radius 1 is 1.50 bits per heavy atom. The number of hydrogen-bond acceptors (Lipinski definition) is 6. The van der Waals surface area contributed by atoms with E-state index in [1.165, 1.54) is 28.8 Å². The molecule has 118 valence electrons. The number of rotatable bonds is 4. The number of carbonyl (C=O) groups excluding carboxylic acids is 1. The van der Waals surface area contributed by atoms with Gasteiger partial charge in [0.15, 0.2) is 6.10 Å². The Bertz CT molecular complexity index is 621. The largest absolute Gasteiger partial charge is 0.479 e. The Balaban J connectivity index is 2.31. The number of carboxylic acids is 1. The molecule has 0 spiro atoms. The monoisotopic (exact) mass is 326 g/mol. The normalized spacial score (nSPS) is 18.0. The van der Waals surface area contributed by atoms with Gasteiger partial charge in [-0.05, 0) is 18.4 Å². The van der Waals surface area contributed by atoms with E-state index in [9.17, 15) is 19.7 Å². The van der Waals surface area contributed by atoms with Crippen molar-refractivity contribution in [2.75, 3.05) is 26.0 Å². The number of carbonyl (C=O) groups is 2. The molecule has 1 aliphatic rings. The van der Waals surface area contributed by atoms with Crippen LogP contribution >= 0.6 is 11.8 Å². The summed E-state index contributed by atoms with van der Waals surface area (Å²) in [7, 11) is 0. The Morgan fingerprint density at radius 3 is 2.82 bits per heavy atom. The molecule has 0 aromatic heterocycles. The summed E-state index contributed by atoms with van der Waals surface area (Å²) < 4.78 is 5.05. The van der Waals surface area contributed by atoms with Crippen LogP contribution in [0.25, 0.3) is 0 Å². The maximum Gasteiger partial charge on any atom is 0.334 e. The maximum absolute atomic E-state index is 12.5. The minimum absolute atomic E-state index is 0.0390. The standard InChI is InChI=1S/C13H14N2O6S/c1-22-8-2-3-10(15(19)20)9(6-8)12(16)14-4-5-21-11(7-14)13(17)18/h2-3,6,11H,4-5,7H2,1H3,(H,17,18). The summed E-state index contributed by atoms with van der Waals surface area (Å²) in [6, 6.07) is 4.31. The summed E-state index contributed by atoms with van der Waals surface area (Å²) in [5.41, 5.74) is -0.330. The van der Waals surface area contributed by atoms with Gasteiger partial charge in [0.2, 0.25) is 0 Å². The van der Waals surface area contributed by atoms with Gasteiger partial charge in [0, 0.05) is 17.5 Å². The van der Waals surface area contributed by atoms with E-state index in [1.807, 2.05) is 0 Å². The van der Waals surface area contributed by atoms with Gasteiger partial charge in [-0.1, -0.05) is 0 Å². The van der Waals surface area contributed by atoms with Crippen molar-refractivity contribution in [3.8, 4) is 0 Å². The average molecular weight is 326 g/mol. The average Bonchev–Trinajstić information content (AvgIpc) is 2.53. The number of nitrogens with zero attached hydrogens (tertiary/aromatic N) is 2. The van der Waals surface area contributed by atoms with Crippen molar-refractivity contribution < 1.29 is 24.4 Å². The first-order valence-electron chi connectivity index (χ1n) is 6.40. The van der Waals surface area contributed by atoms with E-state index in [2.05, 4.69) is 0 Å². The minimum atomic E-state index is -1.16. The van der Waals surface area contributed by atoms with Crippen LogP contribution in [-0.4, -0.2) is 58.9 Å². The molecule has 0 radical (unpaired) electrons. The molecule has 1 fully saturated rings. The number of nitro groups is 1. The molecule has 9 heteroatoms. The van der Waals surface area contributed by atoms with E-state index in [1.54, 1.807) is 12.3 Å². The molecule has 0 bridgehead atoms. The molecule has 0 aliphatic carbocycles. The number of benzene rings is 1. The summed E-state index contributed by atoms with van der Waals surface area (Å²) in [6.07, 6.45) is 0.686. The van der Waals surface area contributed by atoms with Gasteiger partial charge in [0.25, 0.3) is 11.6 Å². The minimum Gasteiger partial charge on any atom is -0.479 e. The quantitative estimate of drug-likeness (QED) is 0.503. The van der Waals surface area contributed by atoms with Crippen molar-refractivity contribution in [1.82, 2.24) is 4.90 Å². The van der Waals surface area contributed by atoms with E-state index < -0.39 is 22.9 Å². The van der Waals surface area contributed by atoms with Crippen molar-refractivity contribution in [2.45, 2.75) is 11.0 Å². The molecule has 1 aliphatic heterocycles. The van der Waals surface area contributed by atoms with Crippen molar-refractivity contribution in [3.63, 3.8) is 0 Å². The van der Waals surface area contributed by atoms with Gasteiger partial charge in [0.1, 0.15) is 5.56 Å². The fraction of sp³-hybridized carbons (Fsp3) is 0.385. The predicted molar refractivity (Wildman–Crippen MR) is 78.2 cm³/mol. The number of hydrogen-bond donors (Lipinski definition) is 1. The number of nitro benzene ring substituents is 1. The maximum atomic E-state index is 12.5. The van der Waals surface area contributed by atoms with Crippen molar-refractivity contribution in [2.24, 2.45) is 0 Å². The van der Waals surface area contributed by atoms with Gasteiger partial charge in [-0.15, -0.1) is 11.8 Å². The molecule has 1 saturated heterocycles. The summed E-state index contributed by atoms with van der Waals surface area (Å²) >= 11 is 1.36. The van der Waals surface area contributed by atoms with Crippen LogP contribution in [0.2, 0.25) is 0 Å². The highest BCUT2D eigenvalue weighted by atomic mass is 32.2. The molecule has 2 rings (SSSR count). The zero-order chi connectivity index (χ0) is 16.3. The number of ether oxygens (including phenoxy) is 1. The fourth-order valence-electron chi connectivity index (χ4n) is 2.13. The summed E-state index contributed by atoms with van der Waals surface area (Å²) in [5.74, 6) is -1.72. The molecule has 0 saturated carbocycles. The van der Waals surface area contributed by atoms with Gasteiger partial charge in [-0.3, -0.25) is 14.9 Å². The summed E-state index contributed by atoms with van der Waals surface area (Å²) in [6.45, 7) is 0.150. The zero-order valence-electron chi connectivity index (χ0n) is 11.7. The molecule has 1 unspecified atom stereocenters. The lowest BCUT2D eigenvalue weighted by atomic mass is 10.1. The second kappa shape index (κ2) is 6.75. The van der Waals surface area contributed by atoms with E-state index in [-0.39, 0.29) is 30.9 Å². The van der Waals surface area contributed by atoms with Crippen LogP contribution in [0.5, 0.6) is 0 Å². The predicted octanol–water partition coefficient (Wildman–Crippen LogP) is 1.24. The molecule has 1 amide bonds. The van der Waals surface area contributed by atoms with E-state index in [0.717, 1.165) is 4.90 Å².